The molecule has 1 amide bonds. The van der Waals surface area contributed by atoms with Crippen molar-refractivity contribution in [2.45, 2.75) is 20.8 Å². The molecule has 4 aromatic rings. The van der Waals surface area contributed by atoms with E-state index in [1.54, 1.807) is 43.0 Å². The van der Waals surface area contributed by atoms with Crippen molar-refractivity contribution in [3.63, 3.8) is 0 Å². The van der Waals surface area contributed by atoms with E-state index in [0.717, 1.165) is 22.4 Å². The Hall–Kier alpha value is -4.34. The maximum atomic E-state index is 12.2. The Balaban J connectivity index is 1.36. The Bertz CT molecular complexity index is 1360. The highest BCUT2D eigenvalue weighted by atomic mass is 16.5. The zero-order valence-electron chi connectivity index (χ0n) is 21.0. The van der Waals surface area contributed by atoms with Crippen LogP contribution in [0.5, 0.6) is 23.1 Å². The summed E-state index contributed by atoms with van der Waals surface area (Å²) in [6.45, 7) is 6.43. The lowest BCUT2D eigenvalue weighted by Gasteiger charge is -2.13. The second-order valence-electron chi connectivity index (χ2n) is 8.25. The van der Waals surface area contributed by atoms with Crippen LogP contribution in [0.2, 0.25) is 0 Å². The normalized spacial score (nSPS) is 10.8. The fraction of sp³-hybridized carbons (Fsp3) is 0.308. The Morgan fingerprint density at radius 3 is 2.44 bits per heavy atom. The molecule has 10 nitrogen and oxygen atoms in total. The van der Waals surface area contributed by atoms with Crippen LogP contribution >= 0.6 is 0 Å². The fourth-order valence-corrected chi connectivity index (χ4v) is 3.94. The van der Waals surface area contributed by atoms with Crippen LogP contribution in [0, 0.1) is 20.8 Å². The van der Waals surface area contributed by atoms with Gasteiger partial charge in [-0.05, 0) is 56.2 Å². The molecule has 2 aromatic carbocycles. The van der Waals surface area contributed by atoms with E-state index in [4.69, 9.17) is 18.9 Å². The number of carbonyl (C=O) groups is 1. The number of hydrogen-bond donors (Lipinski definition) is 1. The van der Waals surface area contributed by atoms with Gasteiger partial charge in [0.25, 0.3) is 5.91 Å². The average molecular weight is 492 g/mol. The molecule has 0 spiro atoms. The molecule has 36 heavy (non-hydrogen) atoms. The van der Waals surface area contributed by atoms with E-state index in [0.29, 0.717) is 41.0 Å². The summed E-state index contributed by atoms with van der Waals surface area (Å²) in [6.07, 6.45) is 0. The van der Waals surface area contributed by atoms with Crippen molar-refractivity contribution in [2.24, 2.45) is 0 Å². The summed E-state index contributed by atoms with van der Waals surface area (Å²) >= 11 is 0. The third-order valence-corrected chi connectivity index (χ3v) is 5.51. The van der Waals surface area contributed by atoms with Gasteiger partial charge in [0.1, 0.15) is 23.9 Å². The highest BCUT2D eigenvalue weighted by Crippen LogP contribution is 2.32. The number of amides is 1. The lowest BCUT2D eigenvalue weighted by Crippen LogP contribution is -2.32. The van der Waals surface area contributed by atoms with E-state index in [1.807, 2.05) is 39.0 Å². The minimum Gasteiger partial charge on any atom is -0.497 e. The number of methoxy groups -OCH3 is 2. The van der Waals surface area contributed by atoms with Gasteiger partial charge in [0, 0.05) is 6.07 Å². The summed E-state index contributed by atoms with van der Waals surface area (Å²) in [6, 6.07) is 12.9. The van der Waals surface area contributed by atoms with Crippen molar-refractivity contribution in [1.29, 1.82) is 0 Å². The maximum Gasteiger partial charge on any atom is 0.258 e. The van der Waals surface area contributed by atoms with Crippen LogP contribution in [0.1, 0.15) is 16.7 Å². The molecular weight excluding hydrogens is 462 g/mol. The predicted molar refractivity (Wildman–Crippen MR) is 134 cm³/mol. The van der Waals surface area contributed by atoms with Crippen molar-refractivity contribution in [3.8, 4) is 34.5 Å². The van der Waals surface area contributed by atoms with Gasteiger partial charge in [0.2, 0.25) is 5.88 Å². The van der Waals surface area contributed by atoms with Crippen LogP contribution in [-0.2, 0) is 4.79 Å². The van der Waals surface area contributed by atoms with Gasteiger partial charge in [-0.1, -0.05) is 17.7 Å². The molecule has 0 aliphatic rings. The van der Waals surface area contributed by atoms with Crippen molar-refractivity contribution in [2.75, 3.05) is 34.0 Å². The van der Waals surface area contributed by atoms with E-state index in [9.17, 15) is 4.79 Å². The van der Waals surface area contributed by atoms with Crippen LogP contribution in [0.3, 0.4) is 0 Å². The predicted octanol–water partition coefficient (Wildman–Crippen LogP) is 3.31. The molecule has 0 radical (unpaired) electrons. The zero-order valence-corrected chi connectivity index (χ0v) is 21.0. The number of nitrogens with zero attached hydrogens (tertiary/aromatic N) is 4. The lowest BCUT2D eigenvalue weighted by atomic mass is 10.1. The number of ether oxygens (including phenoxy) is 4. The minimum absolute atomic E-state index is 0.0681. The van der Waals surface area contributed by atoms with Crippen molar-refractivity contribution in [1.82, 2.24) is 25.1 Å². The zero-order chi connectivity index (χ0) is 25.7. The maximum absolute atomic E-state index is 12.2. The van der Waals surface area contributed by atoms with Crippen molar-refractivity contribution in [3.05, 3.63) is 59.2 Å². The van der Waals surface area contributed by atoms with Crippen molar-refractivity contribution < 1.29 is 23.7 Å². The number of hydrogen-bond acceptors (Lipinski definition) is 8. The molecule has 2 aromatic heterocycles. The van der Waals surface area contributed by atoms with Crippen LogP contribution in [0.4, 0.5) is 0 Å². The third-order valence-electron chi connectivity index (χ3n) is 5.51. The first-order valence-corrected chi connectivity index (χ1v) is 11.4. The first-order valence-electron chi connectivity index (χ1n) is 11.4. The van der Waals surface area contributed by atoms with Crippen LogP contribution in [-0.4, -0.2) is 59.7 Å². The van der Waals surface area contributed by atoms with Gasteiger partial charge in [0.15, 0.2) is 18.1 Å². The Labute approximate surface area is 209 Å². The number of rotatable bonds is 10. The van der Waals surface area contributed by atoms with Gasteiger partial charge in [-0.15, -0.1) is 15.3 Å². The number of fused-ring (bicyclic) bond motifs is 1. The SMILES string of the molecule is COc1ccc(OC)c(-c2nnc3ccc(OCCNC(=O)COc4c(C)cc(C)cc4C)nn23)c1. The third kappa shape index (κ3) is 5.48. The van der Waals surface area contributed by atoms with E-state index in [2.05, 4.69) is 20.6 Å². The van der Waals surface area contributed by atoms with E-state index in [-0.39, 0.29) is 19.1 Å². The van der Waals surface area contributed by atoms with Gasteiger partial charge in [-0.2, -0.15) is 4.52 Å². The molecule has 0 aliphatic heterocycles. The summed E-state index contributed by atoms with van der Waals surface area (Å²) in [7, 11) is 3.17. The Morgan fingerprint density at radius 1 is 0.944 bits per heavy atom. The van der Waals surface area contributed by atoms with Gasteiger partial charge in [-0.25, -0.2) is 0 Å². The summed E-state index contributed by atoms with van der Waals surface area (Å²) in [4.78, 5) is 12.2. The van der Waals surface area contributed by atoms with Crippen molar-refractivity contribution >= 4 is 11.6 Å². The fourth-order valence-electron chi connectivity index (χ4n) is 3.94. The van der Waals surface area contributed by atoms with Gasteiger partial charge in [0.05, 0.1) is 26.3 Å². The molecule has 0 fully saturated rings. The largest absolute Gasteiger partial charge is 0.497 e. The first kappa shape index (κ1) is 24.8. The molecule has 2 heterocycles. The number of aryl methyl sites for hydroxylation is 3. The molecule has 0 saturated carbocycles. The highest BCUT2D eigenvalue weighted by molar-refractivity contribution is 5.77. The molecule has 188 valence electrons. The molecule has 0 saturated heterocycles. The van der Waals surface area contributed by atoms with Gasteiger partial charge in [-0.3, -0.25) is 4.79 Å². The number of aromatic nitrogens is 4. The second-order valence-corrected chi connectivity index (χ2v) is 8.25. The van der Waals surface area contributed by atoms with Gasteiger partial charge < -0.3 is 24.3 Å². The van der Waals surface area contributed by atoms with Crippen LogP contribution in [0.15, 0.2) is 42.5 Å². The molecule has 10 heteroatoms. The lowest BCUT2D eigenvalue weighted by molar-refractivity contribution is -0.123. The molecule has 4 rings (SSSR count). The standard InChI is InChI=1S/C26H29N5O5/c1-16-12-17(2)25(18(3)13-16)36-15-23(32)27-10-11-35-24-9-8-22-28-29-26(31(22)30-24)20-14-19(33-4)6-7-21(20)34-5/h6-9,12-14H,10-11,15H2,1-5H3,(H,27,32). The van der Waals surface area contributed by atoms with E-state index < -0.39 is 0 Å². The second kappa shape index (κ2) is 10.9. The highest BCUT2D eigenvalue weighted by Gasteiger charge is 2.16. The summed E-state index contributed by atoms with van der Waals surface area (Å²) < 4.78 is 23.8. The average Bonchev–Trinajstić information content (AvgIpc) is 3.28. The van der Waals surface area contributed by atoms with Crippen LogP contribution in [0.25, 0.3) is 17.0 Å². The molecule has 1 N–H and O–H groups in total. The molecule has 0 bridgehead atoms. The Kier molecular flexibility index (Phi) is 7.53. The van der Waals surface area contributed by atoms with E-state index >= 15 is 0 Å². The van der Waals surface area contributed by atoms with Gasteiger partial charge >= 0.3 is 0 Å². The minimum atomic E-state index is -0.229. The number of benzene rings is 2. The smallest absolute Gasteiger partial charge is 0.258 e. The summed E-state index contributed by atoms with van der Waals surface area (Å²) in [5.74, 6) is 2.62. The summed E-state index contributed by atoms with van der Waals surface area (Å²) in [5.41, 5.74) is 4.40. The molecule has 0 unspecified atom stereocenters. The number of nitrogens with one attached hydrogen (secondary N) is 1. The topological polar surface area (TPSA) is 109 Å². The van der Waals surface area contributed by atoms with Crippen LogP contribution < -0.4 is 24.3 Å². The Morgan fingerprint density at radius 2 is 1.72 bits per heavy atom. The number of carbonyl (C=O) groups excluding carboxylic acids is 1. The summed E-state index contributed by atoms with van der Waals surface area (Å²) in [5, 5.41) is 15.7. The molecular formula is C26H29N5O5. The monoisotopic (exact) mass is 491 g/mol. The molecule has 0 aliphatic carbocycles. The van der Waals surface area contributed by atoms with E-state index in [1.165, 1.54) is 0 Å². The quantitative estimate of drug-likeness (QED) is 0.337. The first-order chi connectivity index (χ1) is 17.4. The molecule has 0 atom stereocenters.